The molecule has 1 aromatic heterocycles. The topological polar surface area (TPSA) is 61.7 Å². The van der Waals surface area contributed by atoms with E-state index in [9.17, 15) is 9.50 Å². The van der Waals surface area contributed by atoms with Crippen LogP contribution in [0.25, 0.3) is 11.4 Å². The highest BCUT2D eigenvalue weighted by molar-refractivity contribution is 5.61. The summed E-state index contributed by atoms with van der Waals surface area (Å²) in [6.07, 6.45) is 0.0437. The Morgan fingerprint density at radius 3 is 2.39 bits per heavy atom. The molecule has 2 aromatic carbocycles. The molecule has 1 fully saturated rings. The summed E-state index contributed by atoms with van der Waals surface area (Å²) in [6.45, 7) is 12.1. The van der Waals surface area contributed by atoms with E-state index in [0.717, 1.165) is 54.4 Å². The van der Waals surface area contributed by atoms with Gasteiger partial charge in [-0.25, -0.2) is 14.4 Å². The number of rotatable bonds is 8. The standard InChI is InChI=1S/C29H37FN4O2/c1-21-26(18-22-9-8-12-24(30)17-22)28(32-27(31-21)23-10-6-5-7-11-23)34-15-13-33(14-16-34)19-25(35)20-36-29(2,3)4/h5-12,17,25,35H,13-16,18-20H2,1-4H3. The van der Waals surface area contributed by atoms with Crippen LogP contribution in [-0.2, 0) is 11.2 Å². The van der Waals surface area contributed by atoms with E-state index in [-0.39, 0.29) is 11.4 Å². The average Bonchev–Trinajstić information content (AvgIpc) is 2.85. The highest BCUT2D eigenvalue weighted by atomic mass is 19.1. The number of benzene rings is 2. The third-order valence-corrected chi connectivity index (χ3v) is 6.34. The van der Waals surface area contributed by atoms with Crippen LogP contribution in [0.15, 0.2) is 54.6 Å². The van der Waals surface area contributed by atoms with Crippen molar-refractivity contribution in [1.29, 1.82) is 0 Å². The predicted molar refractivity (Wildman–Crippen MR) is 142 cm³/mol. The number of β-amino-alcohol motifs (C(OH)–C–C–N with tert-alkyl or cyclic N) is 1. The van der Waals surface area contributed by atoms with Crippen LogP contribution in [-0.4, -0.2) is 71.0 Å². The van der Waals surface area contributed by atoms with E-state index in [4.69, 9.17) is 14.7 Å². The number of aliphatic hydroxyl groups excluding tert-OH is 1. The SMILES string of the molecule is Cc1nc(-c2ccccc2)nc(N2CCN(CC(O)COC(C)(C)C)CC2)c1Cc1cccc(F)c1. The number of nitrogens with zero attached hydrogens (tertiary/aromatic N) is 4. The summed E-state index contributed by atoms with van der Waals surface area (Å²) in [5, 5.41) is 10.4. The zero-order valence-electron chi connectivity index (χ0n) is 21.7. The van der Waals surface area contributed by atoms with Crippen LogP contribution >= 0.6 is 0 Å². The van der Waals surface area contributed by atoms with Gasteiger partial charge in [-0.3, -0.25) is 4.90 Å². The molecular formula is C29H37FN4O2. The third-order valence-electron chi connectivity index (χ3n) is 6.34. The van der Waals surface area contributed by atoms with Gasteiger partial charge in [-0.2, -0.15) is 0 Å². The smallest absolute Gasteiger partial charge is 0.161 e. The Kier molecular flexibility index (Phi) is 8.34. The minimum Gasteiger partial charge on any atom is -0.389 e. The molecule has 7 heteroatoms. The van der Waals surface area contributed by atoms with Crippen molar-refractivity contribution in [3.05, 3.63) is 77.2 Å². The van der Waals surface area contributed by atoms with Crippen LogP contribution < -0.4 is 4.90 Å². The predicted octanol–water partition coefficient (Wildman–Crippen LogP) is 4.48. The first kappa shape index (κ1) is 26.2. The molecule has 0 amide bonds. The minimum atomic E-state index is -0.523. The van der Waals surface area contributed by atoms with Gasteiger partial charge >= 0.3 is 0 Å². The quantitative estimate of drug-likeness (QED) is 0.500. The van der Waals surface area contributed by atoms with Gasteiger partial charge in [-0.05, 0) is 45.4 Å². The second-order valence-corrected chi connectivity index (χ2v) is 10.5. The monoisotopic (exact) mass is 492 g/mol. The van der Waals surface area contributed by atoms with Crippen LogP contribution in [0.2, 0.25) is 0 Å². The van der Waals surface area contributed by atoms with Gasteiger partial charge in [0.05, 0.1) is 18.3 Å². The Balaban J connectivity index is 1.53. The Morgan fingerprint density at radius 1 is 1.00 bits per heavy atom. The molecule has 0 spiro atoms. The van der Waals surface area contributed by atoms with Gasteiger partial charge in [0, 0.05) is 56.0 Å². The largest absolute Gasteiger partial charge is 0.389 e. The maximum atomic E-state index is 13.9. The Labute approximate surface area is 213 Å². The zero-order valence-corrected chi connectivity index (χ0v) is 21.7. The molecule has 36 heavy (non-hydrogen) atoms. The molecule has 6 nitrogen and oxygen atoms in total. The van der Waals surface area contributed by atoms with Gasteiger partial charge in [0.15, 0.2) is 5.82 Å². The number of aryl methyl sites for hydroxylation is 1. The van der Waals surface area contributed by atoms with Crippen LogP contribution in [0.3, 0.4) is 0 Å². The molecule has 1 aliphatic rings. The molecule has 1 N–H and O–H groups in total. The van der Waals surface area contributed by atoms with E-state index in [2.05, 4.69) is 9.80 Å². The molecule has 0 radical (unpaired) electrons. The fraction of sp³-hybridized carbons (Fsp3) is 0.448. The lowest BCUT2D eigenvalue weighted by Gasteiger charge is -2.37. The molecule has 0 saturated carbocycles. The van der Waals surface area contributed by atoms with Gasteiger partial charge in [0.25, 0.3) is 0 Å². The van der Waals surface area contributed by atoms with Crippen LogP contribution in [0, 0.1) is 12.7 Å². The Bertz CT molecular complexity index is 1140. The maximum absolute atomic E-state index is 13.9. The van der Waals surface area contributed by atoms with E-state index in [0.29, 0.717) is 25.4 Å². The van der Waals surface area contributed by atoms with Crippen molar-refractivity contribution in [1.82, 2.24) is 14.9 Å². The molecule has 3 aromatic rings. The van der Waals surface area contributed by atoms with Crippen molar-refractivity contribution in [2.24, 2.45) is 0 Å². The second kappa shape index (κ2) is 11.5. The maximum Gasteiger partial charge on any atom is 0.161 e. The highest BCUT2D eigenvalue weighted by Crippen LogP contribution is 2.28. The molecule has 1 atom stereocenters. The second-order valence-electron chi connectivity index (χ2n) is 10.5. The molecule has 2 heterocycles. The summed E-state index contributed by atoms with van der Waals surface area (Å²) < 4.78 is 19.6. The first-order valence-corrected chi connectivity index (χ1v) is 12.6. The van der Waals surface area contributed by atoms with Crippen LogP contribution in [0.1, 0.15) is 37.6 Å². The molecule has 0 bridgehead atoms. The molecule has 4 rings (SSSR count). The number of aliphatic hydroxyl groups is 1. The van der Waals surface area contributed by atoms with Crippen LogP contribution in [0.5, 0.6) is 0 Å². The highest BCUT2D eigenvalue weighted by Gasteiger charge is 2.25. The first-order chi connectivity index (χ1) is 17.2. The fourth-order valence-electron chi connectivity index (χ4n) is 4.46. The fourth-order valence-corrected chi connectivity index (χ4v) is 4.46. The summed E-state index contributed by atoms with van der Waals surface area (Å²) in [4.78, 5) is 14.4. The lowest BCUT2D eigenvalue weighted by molar-refractivity contribution is -0.0563. The minimum absolute atomic E-state index is 0.240. The average molecular weight is 493 g/mol. The number of anilines is 1. The number of hydrogen-bond acceptors (Lipinski definition) is 6. The van der Waals surface area contributed by atoms with Crippen molar-refractivity contribution in [3.8, 4) is 11.4 Å². The normalized spacial score (nSPS) is 15.8. The summed E-state index contributed by atoms with van der Waals surface area (Å²) in [6, 6.07) is 16.7. The van der Waals surface area contributed by atoms with E-state index >= 15 is 0 Å². The molecular weight excluding hydrogens is 455 g/mol. The van der Waals surface area contributed by atoms with Gasteiger partial charge in [-0.1, -0.05) is 42.5 Å². The van der Waals surface area contributed by atoms with Crippen molar-refractivity contribution in [2.75, 3.05) is 44.2 Å². The van der Waals surface area contributed by atoms with E-state index in [1.165, 1.54) is 6.07 Å². The van der Waals surface area contributed by atoms with Crippen molar-refractivity contribution < 1.29 is 14.2 Å². The van der Waals surface area contributed by atoms with Crippen molar-refractivity contribution in [3.63, 3.8) is 0 Å². The van der Waals surface area contributed by atoms with E-state index in [1.54, 1.807) is 12.1 Å². The number of aromatic nitrogens is 2. The lowest BCUT2D eigenvalue weighted by atomic mass is 10.0. The van der Waals surface area contributed by atoms with Gasteiger partial charge in [-0.15, -0.1) is 0 Å². The molecule has 1 aliphatic heterocycles. The van der Waals surface area contributed by atoms with Gasteiger partial charge in [0.1, 0.15) is 11.6 Å². The summed E-state index contributed by atoms with van der Waals surface area (Å²) in [5.74, 6) is 1.36. The number of hydrogen-bond donors (Lipinski definition) is 1. The summed E-state index contributed by atoms with van der Waals surface area (Å²) in [5.41, 5.74) is 3.53. The number of ether oxygens (including phenoxy) is 1. The van der Waals surface area contributed by atoms with E-state index in [1.807, 2.05) is 64.1 Å². The van der Waals surface area contributed by atoms with Crippen LogP contribution in [0.4, 0.5) is 10.2 Å². The summed E-state index contributed by atoms with van der Waals surface area (Å²) in [7, 11) is 0. The summed E-state index contributed by atoms with van der Waals surface area (Å²) >= 11 is 0. The molecule has 1 saturated heterocycles. The number of halogens is 1. The Morgan fingerprint density at radius 2 is 1.72 bits per heavy atom. The van der Waals surface area contributed by atoms with Crippen molar-refractivity contribution in [2.45, 2.75) is 45.8 Å². The Hall–Kier alpha value is -2.87. The number of piperazine rings is 1. The molecule has 192 valence electrons. The van der Waals surface area contributed by atoms with Gasteiger partial charge < -0.3 is 14.7 Å². The molecule has 1 unspecified atom stereocenters. The molecule has 0 aliphatic carbocycles. The van der Waals surface area contributed by atoms with E-state index < -0.39 is 6.10 Å². The zero-order chi connectivity index (χ0) is 25.7. The first-order valence-electron chi connectivity index (χ1n) is 12.6. The third kappa shape index (κ3) is 7.09. The van der Waals surface area contributed by atoms with Crippen molar-refractivity contribution >= 4 is 5.82 Å². The lowest BCUT2D eigenvalue weighted by Crippen LogP contribution is -2.50. The van der Waals surface area contributed by atoms with Gasteiger partial charge in [0.2, 0.25) is 0 Å².